The van der Waals surface area contributed by atoms with Gasteiger partial charge in [-0.15, -0.1) is 0 Å². The van der Waals surface area contributed by atoms with Crippen molar-refractivity contribution in [1.29, 1.82) is 5.26 Å². The molecule has 0 aromatic carbocycles. The molecule has 3 nitrogen and oxygen atoms in total. The highest BCUT2D eigenvalue weighted by atomic mass is 16.1. The Morgan fingerprint density at radius 3 is 2.52 bits per heavy atom. The molecule has 0 spiro atoms. The van der Waals surface area contributed by atoms with Gasteiger partial charge in [0.1, 0.15) is 6.07 Å². The van der Waals surface area contributed by atoms with Gasteiger partial charge in [0.25, 0.3) is 0 Å². The van der Waals surface area contributed by atoms with Gasteiger partial charge in [-0.1, -0.05) is 52.7 Å². The number of hydrogen-bond acceptors (Lipinski definition) is 3. The van der Waals surface area contributed by atoms with Crippen LogP contribution in [-0.4, -0.2) is 11.6 Å². The maximum atomic E-state index is 12.7. The van der Waals surface area contributed by atoms with Crippen molar-refractivity contribution in [2.24, 2.45) is 28.1 Å². The maximum absolute atomic E-state index is 12.7. The summed E-state index contributed by atoms with van der Waals surface area (Å²) < 4.78 is 0. The van der Waals surface area contributed by atoms with Crippen LogP contribution in [0.5, 0.6) is 0 Å². The smallest absolute Gasteiger partial charge is 0.178 e. The van der Waals surface area contributed by atoms with Crippen LogP contribution < -0.4 is 0 Å². The number of fused-ring (bicyclic) bond motifs is 3. The quantitative estimate of drug-likeness (QED) is 0.727. The van der Waals surface area contributed by atoms with E-state index in [1.54, 1.807) is 0 Å². The van der Waals surface area contributed by atoms with Crippen molar-refractivity contribution in [1.82, 2.24) is 0 Å². The third-order valence-electron chi connectivity index (χ3n) is 7.23. The van der Waals surface area contributed by atoms with Crippen molar-refractivity contribution in [3.63, 3.8) is 0 Å². The molecule has 3 rings (SSSR count). The van der Waals surface area contributed by atoms with Gasteiger partial charge < -0.3 is 0 Å². The van der Waals surface area contributed by atoms with Crippen molar-refractivity contribution in [2.75, 3.05) is 0 Å². The van der Waals surface area contributed by atoms with Crippen LogP contribution in [0.15, 0.2) is 23.3 Å². The lowest BCUT2D eigenvalue weighted by atomic mass is 9.44. The van der Waals surface area contributed by atoms with E-state index >= 15 is 0 Å². The van der Waals surface area contributed by atoms with Gasteiger partial charge >= 0.3 is 0 Å². The summed E-state index contributed by atoms with van der Waals surface area (Å²) in [5.41, 5.74) is 0.452. The highest BCUT2D eigenvalue weighted by molar-refractivity contribution is 6.04. The first kappa shape index (κ1) is 18.1. The van der Waals surface area contributed by atoms with Crippen LogP contribution in [-0.2, 0) is 9.59 Å². The first-order valence-electron chi connectivity index (χ1n) is 9.54. The van der Waals surface area contributed by atoms with E-state index in [0.29, 0.717) is 0 Å². The first-order valence-corrected chi connectivity index (χ1v) is 9.54. The molecule has 0 amide bonds. The topological polar surface area (TPSA) is 57.9 Å². The monoisotopic (exact) mass is 339 g/mol. The Balaban J connectivity index is 2.17. The van der Waals surface area contributed by atoms with Crippen molar-refractivity contribution in [2.45, 2.75) is 66.7 Å². The van der Waals surface area contributed by atoms with E-state index in [0.717, 1.165) is 37.7 Å². The van der Waals surface area contributed by atoms with E-state index < -0.39 is 5.41 Å². The minimum Gasteiger partial charge on any atom is -0.295 e. The highest BCUT2D eigenvalue weighted by Gasteiger charge is 2.59. The lowest BCUT2D eigenvalue weighted by Crippen LogP contribution is -2.54. The number of rotatable bonds is 2. The fourth-order valence-electron chi connectivity index (χ4n) is 6.02. The number of ketones is 2. The molecule has 134 valence electrons. The van der Waals surface area contributed by atoms with Gasteiger partial charge in [0.15, 0.2) is 11.6 Å². The predicted molar refractivity (Wildman–Crippen MR) is 97.5 cm³/mol. The van der Waals surface area contributed by atoms with Crippen LogP contribution in [0.1, 0.15) is 66.7 Å². The fraction of sp³-hybridized carbons (Fsp3) is 0.682. The van der Waals surface area contributed by atoms with E-state index in [4.69, 9.17) is 0 Å². The van der Waals surface area contributed by atoms with Crippen molar-refractivity contribution >= 4 is 11.6 Å². The second kappa shape index (κ2) is 5.66. The molecule has 0 radical (unpaired) electrons. The van der Waals surface area contributed by atoms with Crippen LogP contribution in [0.3, 0.4) is 0 Å². The second-order valence-corrected chi connectivity index (χ2v) is 9.31. The highest BCUT2D eigenvalue weighted by Crippen LogP contribution is 2.64. The average Bonchev–Trinajstić information content (AvgIpc) is 2.53. The summed E-state index contributed by atoms with van der Waals surface area (Å²) in [4.78, 5) is 25.5. The number of carbonyl (C=O) groups excluding carboxylic acids is 2. The number of nitrogens with zero attached hydrogens (tertiary/aromatic N) is 1. The Morgan fingerprint density at radius 1 is 1.24 bits per heavy atom. The number of nitriles is 1. The van der Waals surface area contributed by atoms with Crippen LogP contribution in [0.25, 0.3) is 0 Å². The van der Waals surface area contributed by atoms with E-state index in [2.05, 4.69) is 26.8 Å². The molecule has 1 fully saturated rings. The standard InChI is InChI=1S/C22H29NO2/c1-6-7-14-11-21(4)9-8-17-20(2,3)19(25)15(13-23)12-22(17,5)18(21)10-16(14)24/h10,12,14,17H,6-9,11H2,1-5H3/t14-,17+,21?,22+/m1/s1. The molecule has 4 atom stereocenters. The molecular formula is C22H29NO2. The average molecular weight is 339 g/mol. The third-order valence-corrected chi connectivity index (χ3v) is 7.23. The molecule has 0 N–H and O–H groups in total. The zero-order chi connectivity index (χ0) is 18.6. The summed E-state index contributed by atoms with van der Waals surface area (Å²) in [7, 11) is 0. The Labute approximate surface area is 151 Å². The molecule has 1 saturated carbocycles. The van der Waals surface area contributed by atoms with Crippen LogP contribution in [0, 0.1) is 39.4 Å². The molecule has 3 heteroatoms. The zero-order valence-corrected chi connectivity index (χ0v) is 16.1. The summed E-state index contributed by atoms with van der Waals surface area (Å²) in [5.74, 6) is 0.446. The maximum Gasteiger partial charge on any atom is 0.178 e. The second-order valence-electron chi connectivity index (χ2n) is 9.31. The Bertz CT molecular complexity index is 736. The Kier molecular flexibility index (Phi) is 4.10. The van der Waals surface area contributed by atoms with Gasteiger partial charge in [-0.25, -0.2) is 0 Å². The third kappa shape index (κ3) is 2.45. The molecular weight excluding hydrogens is 310 g/mol. The Hall–Kier alpha value is -1.69. The van der Waals surface area contributed by atoms with Crippen molar-refractivity contribution in [3.05, 3.63) is 23.3 Å². The number of allylic oxidation sites excluding steroid dienone is 4. The molecule has 0 aromatic rings. The molecule has 0 bridgehead atoms. The van der Waals surface area contributed by atoms with Gasteiger partial charge in [-0.2, -0.15) is 5.26 Å². The molecule has 3 aliphatic carbocycles. The molecule has 0 saturated heterocycles. The molecule has 0 aliphatic heterocycles. The summed E-state index contributed by atoms with van der Waals surface area (Å²) in [5, 5.41) is 9.50. The minimum atomic E-state index is -0.569. The minimum absolute atomic E-state index is 0.00741. The van der Waals surface area contributed by atoms with Crippen molar-refractivity contribution < 1.29 is 9.59 Å². The van der Waals surface area contributed by atoms with Gasteiger partial charge in [-0.05, 0) is 43.1 Å². The summed E-state index contributed by atoms with van der Waals surface area (Å²) in [6, 6.07) is 2.12. The summed E-state index contributed by atoms with van der Waals surface area (Å²) in [6.07, 6.45) is 8.61. The number of carbonyl (C=O) groups is 2. The number of Topliss-reactive ketones (excluding diaryl/α,β-unsaturated/α-hetero) is 1. The van der Waals surface area contributed by atoms with Gasteiger partial charge in [0.2, 0.25) is 0 Å². The predicted octanol–water partition coefficient (Wildman–Crippen LogP) is 4.78. The van der Waals surface area contributed by atoms with Crippen LogP contribution in [0.4, 0.5) is 0 Å². The van der Waals surface area contributed by atoms with Crippen LogP contribution in [0.2, 0.25) is 0 Å². The van der Waals surface area contributed by atoms with Gasteiger partial charge in [0.05, 0.1) is 5.57 Å². The van der Waals surface area contributed by atoms with Gasteiger partial charge in [0, 0.05) is 16.7 Å². The SMILES string of the molecule is CCC[C@@H]1CC2(C)CC[C@H]3C(C)(C)C(=O)C(C#N)=C[C@]3(C)C2=CC1=O. The van der Waals surface area contributed by atoms with E-state index in [9.17, 15) is 14.9 Å². The largest absolute Gasteiger partial charge is 0.295 e. The normalized spacial score (nSPS) is 39.7. The Morgan fingerprint density at radius 2 is 1.92 bits per heavy atom. The molecule has 1 unspecified atom stereocenters. The fourth-order valence-corrected chi connectivity index (χ4v) is 6.02. The summed E-state index contributed by atoms with van der Waals surface area (Å²) >= 11 is 0. The van der Waals surface area contributed by atoms with E-state index in [-0.39, 0.29) is 39.8 Å². The zero-order valence-electron chi connectivity index (χ0n) is 16.1. The lowest BCUT2D eigenvalue weighted by molar-refractivity contribution is -0.131. The van der Waals surface area contributed by atoms with E-state index in [1.807, 2.05) is 26.0 Å². The first-order chi connectivity index (χ1) is 11.6. The molecule has 0 heterocycles. The van der Waals surface area contributed by atoms with Gasteiger partial charge in [-0.3, -0.25) is 9.59 Å². The summed E-state index contributed by atoms with van der Waals surface area (Å²) in [6.45, 7) is 10.5. The van der Waals surface area contributed by atoms with E-state index in [1.165, 1.54) is 0 Å². The lowest BCUT2D eigenvalue weighted by Gasteiger charge is -2.58. The van der Waals surface area contributed by atoms with Crippen molar-refractivity contribution in [3.8, 4) is 6.07 Å². The van der Waals surface area contributed by atoms with Crippen LogP contribution >= 0.6 is 0 Å². The number of hydrogen-bond donors (Lipinski definition) is 0. The molecule has 25 heavy (non-hydrogen) atoms. The molecule has 3 aliphatic rings. The molecule has 0 aromatic heterocycles.